The van der Waals surface area contributed by atoms with Crippen molar-refractivity contribution in [2.75, 3.05) is 19.6 Å². The number of carbonyl (C=O) groups excluding carboxylic acids is 2. The zero-order valence-corrected chi connectivity index (χ0v) is 15.7. The van der Waals surface area contributed by atoms with E-state index < -0.39 is 0 Å². The van der Waals surface area contributed by atoms with Gasteiger partial charge in [0.1, 0.15) is 0 Å². The van der Waals surface area contributed by atoms with Crippen LogP contribution in [0.15, 0.2) is 23.0 Å². The first kappa shape index (κ1) is 18.7. The van der Waals surface area contributed by atoms with Crippen molar-refractivity contribution in [3.63, 3.8) is 0 Å². The maximum absolute atomic E-state index is 12.6. The Labute approximate surface area is 154 Å². The van der Waals surface area contributed by atoms with Gasteiger partial charge in [0.25, 0.3) is 5.56 Å². The molecule has 26 heavy (non-hydrogen) atoms. The Morgan fingerprint density at radius 1 is 1.19 bits per heavy atom. The molecule has 2 amide bonds. The zero-order chi connectivity index (χ0) is 18.7. The number of carbonyl (C=O) groups is 2. The zero-order valence-electron chi connectivity index (χ0n) is 15.7. The highest BCUT2D eigenvalue weighted by molar-refractivity contribution is 5.83. The normalized spacial score (nSPS) is 21.4. The molecular formula is C20H29N3O3. The second-order valence-corrected chi connectivity index (χ2v) is 8.03. The summed E-state index contributed by atoms with van der Waals surface area (Å²) in [5, 5.41) is 2.88. The van der Waals surface area contributed by atoms with Crippen molar-refractivity contribution in [1.29, 1.82) is 0 Å². The van der Waals surface area contributed by atoms with Crippen LogP contribution in [0.2, 0.25) is 0 Å². The van der Waals surface area contributed by atoms with Gasteiger partial charge in [-0.05, 0) is 30.7 Å². The summed E-state index contributed by atoms with van der Waals surface area (Å²) in [4.78, 5) is 38.4. The number of amides is 2. The van der Waals surface area contributed by atoms with E-state index in [-0.39, 0.29) is 36.1 Å². The number of fused-ring (bicyclic) bond motifs is 4. The lowest BCUT2D eigenvalue weighted by molar-refractivity contribution is -0.136. The summed E-state index contributed by atoms with van der Waals surface area (Å²) in [5.41, 5.74) is 1.09. The highest BCUT2D eigenvalue weighted by Crippen LogP contribution is 2.35. The minimum Gasteiger partial charge on any atom is -0.356 e. The Hall–Kier alpha value is -2.11. The van der Waals surface area contributed by atoms with Gasteiger partial charge in [-0.1, -0.05) is 19.9 Å². The van der Waals surface area contributed by atoms with Gasteiger partial charge < -0.3 is 14.8 Å². The molecule has 3 rings (SSSR count). The number of aromatic nitrogens is 1. The molecule has 0 saturated carbocycles. The van der Waals surface area contributed by atoms with Crippen LogP contribution >= 0.6 is 0 Å². The third kappa shape index (κ3) is 4.34. The maximum atomic E-state index is 12.6. The molecule has 0 aliphatic carbocycles. The number of nitrogens with one attached hydrogen (secondary N) is 1. The van der Waals surface area contributed by atoms with Crippen molar-refractivity contribution in [3.8, 4) is 0 Å². The largest absolute Gasteiger partial charge is 0.356 e. The highest BCUT2D eigenvalue weighted by Gasteiger charge is 2.36. The number of nitrogens with zero attached hydrogens (tertiary/aromatic N) is 2. The molecule has 1 N–H and O–H groups in total. The van der Waals surface area contributed by atoms with E-state index in [4.69, 9.17) is 0 Å². The Morgan fingerprint density at radius 2 is 2.00 bits per heavy atom. The molecule has 1 aromatic heterocycles. The molecular weight excluding hydrogens is 330 g/mol. The van der Waals surface area contributed by atoms with Crippen molar-refractivity contribution < 1.29 is 9.59 Å². The van der Waals surface area contributed by atoms with Crippen molar-refractivity contribution in [1.82, 2.24) is 14.8 Å². The lowest BCUT2D eigenvalue weighted by Gasteiger charge is -2.42. The summed E-state index contributed by atoms with van der Waals surface area (Å²) in [6.07, 6.45) is 2.49. The van der Waals surface area contributed by atoms with Gasteiger partial charge in [0, 0.05) is 56.7 Å². The van der Waals surface area contributed by atoms with E-state index >= 15 is 0 Å². The van der Waals surface area contributed by atoms with Gasteiger partial charge in [-0.3, -0.25) is 14.4 Å². The van der Waals surface area contributed by atoms with Crippen LogP contribution in [0.4, 0.5) is 0 Å². The van der Waals surface area contributed by atoms with Gasteiger partial charge in [-0.15, -0.1) is 0 Å². The van der Waals surface area contributed by atoms with Crippen LogP contribution in [0.3, 0.4) is 0 Å². The first-order chi connectivity index (χ1) is 12.4. The molecule has 1 saturated heterocycles. The monoisotopic (exact) mass is 359 g/mol. The van der Waals surface area contributed by atoms with E-state index in [1.54, 1.807) is 12.1 Å². The lowest BCUT2D eigenvalue weighted by Crippen LogP contribution is -2.49. The van der Waals surface area contributed by atoms with Crippen molar-refractivity contribution in [2.45, 2.75) is 52.0 Å². The van der Waals surface area contributed by atoms with Crippen LogP contribution in [0.5, 0.6) is 0 Å². The maximum Gasteiger partial charge on any atom is 0.250 e. The highest BCUT2D eigenvalue weighted by atomic mass is 16.2. The molecule has 0 radical (unpaired) electrons. The lowest BCUT2D eigenvalue weighted by atomic mass is 9.83. The fourth-order valence-electron chi connectivity index (χ4n) is 4.07. The van der Waals surface area contributed by atoms with E-state index in [1.807, 2.05) is 15.5 Å². The van der Waals surface area contributed by atoms with Gasteiger partial charge in [0.2, 0.25) is 11.8 Å². The topological polar surface area (TPSA) is 71.4 Å². The molecule has 2 unspecified atom stereocenters. The third-order valence-corrected chi connectivity index (χ3v) is 5.44. The van der Waals surface area contributed by atoms with Crippen LogP contribution < -0.4 is 10.9 Å². The summed E-state index contributed by atoms with van der Waals surface area (Å²) in [7, 11) is 0. The predicted molar refractivity (Wildman–Crippen MR) is 99.8 cm³/mol. The Kier molecular flexibility index (Phi) is 5.79. The van der Waals surface area contributed by atoms with E-state index in [0.29, 0.717) is 38.0 Å². The van der Waals surface area contributed by atoms with Gasteiger partial charge in [-0.25, -0.2) is 0 Å². The third-order valence-electron chi connectivity index (χ3n) is 5.44. The van der Waals surface area contributed by atoms with Crippen molar-refractivity contribution in [2.24, 2.45) is 11.8 Å². The van der Waals surface area contributed by atoms with Crippen molar-refractivity contribution >= 4 is 11.8 Å². The summed E-state index contributed by atoms with van der Waals surface area (Å²) in [6, 6.07) is 5.40. The molecule has 2 aliphatic rings. The van der Waals surface area contributed by atoms with E-state index in [9.17, 15) is 14.4 Å². The van der Waals surface area contributed by atoms with Gasteiger partial charge in [0.15, 0.2) is 0 Å². The van der Waals surface area contributed by atoms with Gasteiger partial charge in [-0.2, -0.15) is 0 Å². The van der Waals surface area contributed by atoms with E-state index in [0.717, 1.165) is 18.5 Å². The van der Waals surface area contributed by atoms with Crippen LogP contribution in [0.1, 0.15) is 51.1 Å². The van der Waals surface area contributed by atoms with Crippen LogP contribution in [-0.2, 0) is 16.1 Å². The molecule has 2 atom stereocenters. The van der Waals surface area contributed by atoms with E-state index in [1.165, 1.54) is 0 Å². The molecule has 6 heteroatoms. The molecule has 1 aromatic rings. The summed E-state index contributed by atoms with van der Waals surface area (Å²) >= 11 is 0. The number of pyridine rings is 1. The van der Waals surface area contributed by atoms with E-state index in [2.05, 4.69) is 19.2 Å². The molecule has 2 aliphatic heterocycles. The Bertz CT molecular complexity index is 725. The smallest absolute Gasteiger partial charge is 0.250 e. The SMILES string of the molecule is CC(C)CCNC(=O)CCC(=O)N1CC2CC(C1)c1cccc(=O)n1C2. The fourth-order valence-corrected chi connectivity index (χ4v) is 4.07. The molecule has 0 aromatic carbocycles. The number of rotatable bonds is 6. The molecule has 6 nitrogen and oxygen atoms in total. The number of hydrogen-bond donors (Lipinski definition) is 1. The number of piperidine rings is 1. The first-order valence-corrected chi connectivity index (χ1v) is 9.68. The summed E-state index contributed by atoms with van der Waals surface area (Å²) in [5.74, 6) is 1.10. The predicted octanol–water partition coefficient (Wildman–Crippen LogP) is 1.74. The van der Waals surface area contributed by atoms with Crippen LogP contribution in [0, 0.1) is 11.8 Å². The number of hydrogen-bond acceptors (Lipinski definition) is 3. The van der Waals surface area contributed by atoms with Crippen LogP contribution in [-0.4, -0.2) is 40.9 Å². The number of likely N-dealkylation sites (tertiary alicyclic amines) is 1. The van der Waals surface area contributed by atoms with Crippen LogP contribution in [0.25, 0.3) is 0 Å². The van der Waals surface area contributed by atoms with Gasteiger partial charge in [0.05, 0.1) is 0 Å². The molecule has 1 fully saturated rings. The molecule has 142 valence electrons. The van der Waals surface area contributed by atoms with Crippen molar-refractivity contribution in [3.05, 3.63) is 34.2 Å². The average Bonchev–Trinajstić information content (AvgIpc) is 2.60. The summed E-state index contributed by atoms with van der Waals surface area (Å²) < 4.78 is 1.86. The molecule has 3 heterocycles. The minimum atomic E-state index is -0.0481. The standard InChI is InChI=1S/C20H29N3O3/c1-14(2)8-9-21-18(24)6-7-19(25)22-11-15-10-16(13-22)17-4-3-5-20(26)23(17)12-15/h3-5,14-16H,6-13H2,1-2H3,(H,21,24). The van der Waals surface area contributed by atoms with Gasteiger partial charge >= 0.3 is 0 Å². The first-order valence-electron chi connectivity index (χ1n) is 9.68. The summed E-state index contributed by atoms with van der Waals surface area (Å²) in [6.45, 7) is 6.93. The fraction of sp³-hybridized carbons (Fsp3) is 0.650. The molecule has 0 spiro atoms. The Balaban J connectivity index is 1.53. The Morgan fingerprint density at radius 3 is 2.77 bits per heavy atom. The second kappa shape index (κ2) is 8.06. The second-order valence-electron chi connectivity index (χ2n) is 8.03. The average molecular weight is 359 g/mol. The quantitative estimate of drug-likeness (QED) is 0.841. The molecule has 2 bridgehead atoms. The minimum absolute atomic E-state index is 0.0467.